The summed E-state index contributed by atoms with van der Waals surface area (Å²) in [5.74, 6) is 1.10. The molecule has 0 spiro atoms. The number of amides is 1. The average molecular weight is 591 g/mol. The Labute approximate surface area is 254 Å². The van der Waals surface area contributed by atoms with Gasteiger partial charge in [0.05, 0.1) is 23.1 Å². The predicted molar refractivity (Wildman–Crippen MR) is 165 cm³/mol. The first-order valence-electron chi connectivity index (χ1n) is 15.9. The SMILES string of the molecule is CC(C)Oc1ccc(C2CCCC2)c(C(=O)N2CCCC[C@@]2(C)c2nc3ncc(CCO)cc3n2COC(=O)C(C)C)c1. The number of nitrogens with zero attached hydrogens (tertiary/aromatic N) is 4. The molecule has 1 saturated carbocycles. The van der Waals surface area contributed by atoms with Gasteiger partial charge in [-0.1, -0.05) is 32.8 Å². The lowest BCUT2D eigenvalue weighted by atomic mass is 9.85. The van der Waals surface area contributed by atoms with Crippen molar-refractivity contribution in [3.8, 4) is 5.75 Å². The molecule has 1 aliphatic heterocycles. The first kappa shape index (κ1) is 31.0. The summed E-state index contributed by atoms with van der Waals surface area (Å²) < 4.78 is 13.7. The monoisotopic (exact) mass is 590 g/mol. The van der Waals surface area contributed by atoms with Gasteiger partial charge in [0.15, 0.2) is 12.4 Å². The van der Waals surface area contributed by atoms with Crippen molar-refractivity contribution in [2.75, 3.05) is 13.2 Å². The second-order valence-corrected chi connectivity index (χ2v) is 12.9. The Balaban J connectivity index is 1.60. The molecule has 3 aromatic rings. The second-order valence-electron chi connectivity index (χ2n) is 12.9. The van der Waals surface area contributed by atoms with Crippen LogP contribution in [0.4, 0.5) is 0 Å². The van der Waals surface area contributed by atoms with Crippen LogP contribution in [-0.2, 0) is 28.2 Å². The zero-order valence-corrected chi connectivity index (χ0v) is 26.3. The normalized spacial score (nSPS) is 19.5. The van der Waals surface area contributed by atoms with E-state index in [9.17, 15) is 14.7 Å². The molecule has 2 aliphatic rings. The molecule has 1 aliphatic carbocycles. The second kappa shape index (κ2) is 13.0. The number of hydrogen-bond acceptors (Lipinski definition) is 7. The van der Waals surface area contributed by atoms with Crippen LogP contribution in [0.2, 0.25) is 0 Å². The van der Waals surface area contributed by atoms with Crippen LogP contribution in [0.5, 0.6) is 5.75 Å². The standard InChI is InChI=1S/C34H46N4O5/c1-22(2)32(41)42-21-37-29-18-24(14-17-39)20-35-30(29)36-33(37)34(5)15-8-9-16-38(34)31(40)28-19-26(43-23(3)4)12-13-27(28)25-10-6-7-11-25/h12-13,18-20,22-23,25,39H,6-11,14-17,21H2,1-5H3/t34-/m0/s1. The predicted octanol–water partition coefficient (Wildman–Crippen LogP) is 6.11. The fourth-order valence-electron chi connectivity index (χ4n) is 6.63. The summed E-state index contributed by atoms with van der Waals surface area (Å²) in [6.07, 6.45) is 9.23. The number of fused-ring (bicyclic) bond motifs is 1. The Morgan fingerprint density at radius 1 is 1.09 bits per heavy atom. The van der Waals surface area contributed by atoms with E-state index in [-0.39, 0.29) is 37.2 Å². The largest absolute Gasteiger partial charge is 0.491 e. The lowest BCUT2D eigenvalue weighted by molar-refractivity contribution is -0.151. The summed E-state index contributed by atoms with van der Waals surface area (Å²) in [4.78, 5) is 38.9. The number of aliphatic hydroxyl groups excluding tert-OH is 1. The zero-order chi connectivity index (χ0) is 30.7. The number of ether oxygens (including phenoxy) is 2. The van der Waals surface area contributed by atoms with Crippen molar-refractivity contribution in [2.45, 2.75) is 110 Å². The van der Waals surface area contributed by atoms with Gasteiger partial charge in [0, 0.05) is 24.9 Å². The van der Waals surface area contributed by atoms with Crippen LogP contribution in [0.15, 0.2) is 30.5 Å². The van der Waals surface area contributed by atoms with Crippen LogP contribution in [0, 0.1) is 5.92 Å². The van der Waals surface area contributed by atoms with Gasteiger partial charge >= 0.3 is 5.97 Å². The molecule has 3 heterocycles. The molecule has 1 N–H and O–H groups in total. The van der Waals surface area contributed by atoms with Gasteiger partial charge < -0.3 is 19.5 Å². The van der Waals surface area contributed by atoms with Crippen molar-refractivity contribution < 1.29 is 24.2 Å². The summed E-state index contributed by atoms with van der Waals surface area (Å²) in [5, 5.41) is 9.55. The lowest BCUT2D eigenvalue weighted by Crippen LogP contribution is -2.52. The number of rotatable bonds is 10. The molecule has 2 fully saturated rings. The molecule has 1 amide bonds. The van der Waals surface area contributed by atoms with Crippen molar-refractivity contribution >= 4 is 23.0 Å². The summed E-state index contributed by atoms with van der Waals surface area (Å²) >= 11 is 0. The maximum atomic E-state index is 14.7. The fraction of sp³-hybridized carbons (Fsp3) is 0.588. The summed E-state index contributed by atoms with van der Waals surface area (Å²) in [6.45, 7) is 10.2. The molecular weight excluding hydrogens is 544 g/mol. The van der Waals surface area contributed by atoms with Crippen LogP contribution in [-0.4, -0.2) is 55.7 Å². The van der Waals surface area contributed by atoms with E-state index in [1.807, 2.05) is 41.5 Å². The minimum Gasteiger partial charge on any atom is -0.491 e. The van der Waals surface area contributed by atoms with Crippen LogP contribution in [0.25, 0.3) is 11.2 Å². The van der Waals surface area contributed by atoms with E-state index in [0.717, 1.165) is 42.3 Å². The summed E-state index contributed by atoms with van der Waals surface area (Å²) in [5.41, 5.74) is 3.14. The third-order valence-electron chi connectivity index (χ3n) is 8.91. The van der Waals surface area contributed by atoms with Crippen LogP contribution in [0.1, 0.15) is 113 Å². The van der Waals surface area contributed by atoms with Crippen molar-refractivity contribution in [3.63, 3.8) is 0 Å². The number of esters is 1. The van der Waals surface area contributed by atoms with Crippen molar-refractivity contribution in [1.82, 2.24) is 19.4 Å². The number of aliphatic hydroxyl groups is 1. The molecule has 9 heteroatoms. The Kier molecular flexibility index (Phi) is 9.39. The third kappa shape index (κ3) is 6.42. The van der Waals surface area contributed by atoms with E-state index < -0.39 is 5.54 Å². The van der Waals surface area contributed by atoms with Crippen molar-refractivity contribution in [1.29, 1.82) is 0 Å². The molecular formula is C34H46N4O5. The first-order valence-corrected chi connectivity index (χ1v) is 15.9. The van der Waals surface area contributed by atoms with Crippen LogP contribution < -0.4 is 4.74 Å². The lowest BCUT2D eigenvalue weighted by Gasteiger charge is -2.44. The van der Waals surface area contributed by atoms with Gasteiger partial charge in [-0.05, 0) is 94.5 Å². The number of carbonyl (C=O) groups excluding carboxylic acids is 2. The number of benzene rings is 1. The molecule has 0 radical (unpaired) electrons. The van der Waals surface area contributed by atoms with Gasteiger partial charge in [0.1, 0.15) is 11.6 Å². The van der Waals surface area contributed by atoms with Crippen molar-refractivity contribution in [3.05, 3.63) is 53.0 Å². The van der Waals surface area contributed by atoms with Crippen molar-refractivity contribution in [2.24, 2.45) is 5.92 Å². The summed E-state index contributed by atoms with van der Waals surface area (Å²) in [7, 11) is 0. The Hall–Kier alpha value is -3.46. The van der Waals surface area contributed by atoms with Gasteiger partial charge in [0.2, 0.25) is 0 Å². The van der Waals surface area contributed by atoms with Gasteiger partial charge in [-0.2, -0.15) is 0 Å². The molecule has 0 unspecified atom stereocenters. The molecule has 1 aromatic carbocycles. The molecule has 1 atom stereocenters. The number of likely N-dealkylation sites (tertiary alicyclic amines) is 1. The number of imidazole rings is 1. The Bertz CT molecular complexity index is 1460. The highest BCUT2D eigenvalue weighted by atomic mass is 16.5. The van der Waals surface area contributed by atoms with Crippen LogP contribution >= 0.6 is 0 Å². The maximum absolute atomic E-state index is 14.7. The minimum atomic E-state index is -0.765. The highest BCUT2D eigenvalue weighted by Gasteiger charge is 2.44. The average Bonchev–Trinajstić information content (AvgIpc) is 3.64. The number of piperidine rings is 1. The van der Waals surface area contributed by atoms with Gasteiger partial charge in [0.25, 0.3) is 5.91 Å². The van der Waals surface area contributed by atoms with E-state index in [2.05, 4.69) is 18.0 Å². The van der Waals surface area contributed by atoms with Gasteiger partial charge in [-0.25, -0.2) is 9.97 Å². The van der Waals surface area contributed by atoms with Crippen LogP contribution in [0.3, 0.4) is 0 Å². The smallest absolute Gasteiger partial charge is 0.310 e. The van der Waals surface area contributed by atoms with E-state index in [4.69, 9.17) is 14.5 Å². The maximum Gasteiger partial charge on any atom is 0.310 e. The summed E-state index contributed by atoms with van der Waals surface area (Å²) in [6, 6.07) is 7.97. The molecule has 9 nitrogen and oxygen atoms in total. The zero-order valence-electron chi connectivity index (χ0n) is 26.3. The third-order valence-corrected chi connectivity index (χ3v) is 8.91. The van der Waals surface area contributed by atoms with E-state index in [1.165, 1.54) is 12.8 Å². The molecule has 2 aromatic heterocycles. The highest BCUT2D eigenvalue weighted by Crippen LogP contribution is 2.42. The van der Waals surface area contributed by atoms with E-state index in [1.54, 1.807) is 20.0 Å². The quantitative estimate of drug-likeness (QED) is 0.284. The Morgan fingerprint density at radius 2 is 1.86 bits per heavy atom. The molecule has 232 valence electrons. The van der Waals surface area contributed by atoms with Gasteiger partial charge in [-0.3, -0.25) is 14.2 Å². The number of carbonyl (C=O) groups is 2. The Morgan fingerprint density at radius 3 is 2.56 bits per heavy atom. The number of aromatic nitrogens is 3. The molecule has 5 rings (SSSR count). The van der Waals surface area contributed by atoms with E-state index in [0.29, 0.717) is 48.1 Å². The fourth-order valence-corrected chi connectivity index (χ4v) is 6.63. The number of pyridine rings is 1. The molecule has 1 saturated heterocycles. The van der Waals surface area contributed by atoms with E-state index >= 15 is 0 Å². The topological polar surface area (TPSA) is 107 Å². The molecule has 0 bridgehead atoms. The van der Waals surface area contributed by atoms with Gasteiger partial charge in [-0.15, -0.1) is 0 Å². The highest BCUT2D eigenvalue weighted by molar-refractivity contribution is 5.97. The minimum absolute atomic E-state index is 0.000570. The molecule has 43 heavy (non-hydrogen) atoms. The number of hydrogen-bond donors (Lipinski definition) is 1. The first-order chi connectivity index (χ1) is 20.6.